The third-order valence-electron chi connectivity index (χ3n) is 4.07. The van der Waals surface area contributed by atoms with E-state index in [4.69, 9.17) is 0 Å². The maximum Gasteiger partial charge on any atom is 0.338 e. The van der Waals surface area contributed by atoms with E-state index in [1.54, 1.807) is 19.1 Å². The third-order valence-corrected chi connectivity index (χ3v) is 5.71. The Morgan fingerprint density at radius 3 is 2.70 bits per heavy atom. The summed E-state index contributed by atoms with van der Waals surface area (Å²) in [5, 5.41) is 3.24. The van der Waals surface area contributed by atoms with Gasteiger partial charge >= 0.3 is 5.97 Å². The Morgan fingerprint density at radius 1 is 1.39 bits per heavy atom. The molecule has 6 nitrogen and oxygen atoms in total. The van der Waals surface area contributed by atoms with E-state index in [-0.39, 0.29) is 34.8 Å². The lowest BCUT2D eigenvalue weighted by Crippen LogP contribution is -2.48. The number of benzene rings is 1. The average Bonchev–Trinajstić information content (AvgIpc) is 2.48. The Kier molecular flexibility index (Phi) is 7.01. The second-order valence-corrected chi connectivity index (χ2v) is 7.30. The molecule has 2 rings (SSSR count). The highest BCUT2D eigenvalue weighted by Gasteiger charge is 2.28. The second-order valence-electron chi connectivity index (χ2n) is 5.62. The van der Waals surface area contributed by atoms with Crippen molar-refractivity contribution in [3.05, 3.63) is 29.3 Å². The molecule has 1 heterocycles. The highest BCUT2D eigenvalue weighted by atomic mass is 35.5. The van der Waals surface area contributed by atoms with Crippen LogP contribution in [0.4, 0.5) is 0 Å². The molecule has 0 radical (unpaired) electrons. The van der Waals surface area contributed by atoms with Crippen LogP contribution in [0.5, 0.6) is 0 Å². The predicted molar refractivity (Wildman–Crippen MR) is 90.5 cm³/mol. The van der Waals surface area contributed by atoms with Gasteiger partial charge in [-0.2, -0.15) is 0 Å². The van der Waals surface area contributed by atoms with Gasteiger partial charge in [-0.3, -0.25) is 0 Å². The fourth-order valence-corrected chi connectivity index (χ4v) is 4.34. The van der Waals surface area contributed by atoms with Crippen molar-refractivity contribution < 1.29 is 17.9 Å². The smallest absolute Gasteiger partial charge is 0.338 e. The molecule has 1 aromatic carbocycles. The SMILES string of the molecule is COC(=O)c1cccc(S(=O)(=O)NC2CCNCC2C)c1C.Cl. The van der Waals surface area contributed by atoms with E-state index < -0.39 is 16.0 Å². The van der Waals surface area contributed by atoms with E-state index >= 15 is 0 Å². The summed E-state index contributed by atoms with van der Waals surface area (Å²) in [6, 6.07) is 4.52. The molecule has 1 fully saturated rings. The van der Waals surface area contributed by atoms with Crippen LogP contribution in [0.3, 0.4) is 0 Å². The van der Waals surface area contributed by atoms with E-state index in [9.17, 15) is 13.2 Å². The van der Waals surface area contributed by atoms with Gasteiger partial charge in [0.15, 0.2) is 0 Å². The summed E-state index contributed by atoms with van der Waals surface area (Å²) in [4.78, 5) is 11.8. The van der Waals surface area contributed by atoms with Gasteiger partial charge in [0.1, 0.15) is 0 Å². The normalized spacial score (nSPS) is 21.3. The molecule has 130 valence electrons. The van der Waals surface area contributed by atoms with Gasteiger partial charge in [-0.1, -0.05) is 13.0 Å². The number of methoxy groups -OCH3 is 1. The van der Waals surface area contributed by atoms with Crippen LogP contribution in [0.1, 0.15) is 29.3 Å². The van der Waals surface area contributed by atoms with E-state index in [2.05, 4.69) is 14.8 Å². The monoisotopic (exact) mass is 362 g/mol. The van der Waals surface area contributed by atoms with Crippen LogP contribution in [0.2, 0.25) is 0 Å². The van der Waals surface area contributed by atoms with Crippen LogP contribution >= 0.6 is 12.4 Å². The molecule has 23 heavy (non-hydrogen) atoms. The number of carbonyl (C=O) groups is 1. The number of piperidine rings is 1. The third kappa shape index (κ3) is 4.44. The number of halogens is 1. The highest BCUT2D eigenvalue weighted by molar-refractivity contribution is 7.89. The zero-order valence-electron chi connectivity index (χ0n) is 13.5. The summed E-state index contributed by atoms with van der Waals surface area (Å²) >= 11 is 0. The van der Waals surface area contributed by atoms with Gasteiger partial charge in [-0.25, -0.2) is 17.9 Å². The number of hydrogen-bond acceptors (Lipinski definition) is 5. The minimum Gasteiger partial charge on any atom is -0.465 e. The van der Waals surface area contributed by atoms with Crippen molar-refractivity contribution in [1.82, 2.24) is 10.0 Å². The quantitative estimate of drug-likeness (QED) is 0.792. The van der Waals surface area contributed by atoms with Gasteiger partial charge in [-0.05, 0) is 50.0 Å². The van der Waals surface area contributed by atoms with Crippen molar-refractivity contribution in [1.29, 1.82) is 0 Å². The molecule has 0 aromatic heterocycles. The van der Waals surface area contributed by atoms with Crippen molar-refractivity contribution in [3.63, 3.8) is 0 Å². The summed E-state index contributed by atoms with van der Waals surface area (Å²) in [5.74, 6) is -0.322. The molecule has 0 spiro atoms. The summed E-state index contributed by atoms with van der Waals surface area (Å²) in [6.45, 7) is 5.21. The van der Waals surface area contributed by atoms with Crippen LogP contribution < -0.4 is 10.0 Å². The molecular weight excluding hydrogens is 340 g/mol. The minimum absolute atomic E-state index is 0. The molecule has 1 aliphatic heterocycles. The van der Waals surface area contributed by atoms with Crippen LogP contribution in [-0.2, 0) is 14.8 Å². The van der Waals surface area contributed by atoms with Gasteiger partial charge in [0, 0.05) is 6.04 Å². The second kappa shape index (κ2) is 8.10. The molecule has 0 bridgehead atoms. The van der Waals surface area contributed by atoms with Crippen molar-refractivity contribution in [2.45, 2.75) is 31.2 Å². The zero-order valence-corrected chi connectivity index (χ0v) is 15.1. The standard InChI is InChI=1S/C15H22N2O4S.ClH/c1-10-9-16-8-7-13(10)17-22(19,20)14-6-4-5-12(11(14)2)15(18)21-3;/h4-6,10,13,16-17H,7-9H2,1-3H3;1H. The number of sulfonamides is 1. The molecule has 0 amide bonds. The molecule has 2 unspecified atom stereocenters. The van der Waals surface area contributed by atoms with Crippen molar-refractivity contribution in [3.8, 4) is 0 Å². The largest absolute Gasteiger partial charge is 0.465 e. The minimum atomic E-state index is -3.67. The predicted octanol–water partition coefficient (Wildman–Crippen LogP) is 1.48. The number of rotatable bonds is 4. The zero-order chi connectivity index (χ0) is 16.3. The van der Waals surface area contributed by atoms with Crippen LogP contribution in [-0.4, -0.2) is 40.6 Å². The van der Waals surface area contributed by atoms with E-state index in [0.717, 1.165) is 19.5 Å². The fourth-order valence-electron chi connectivity index (χ4n) is 2.69. The molecular formula is C15H23ClN2O4S. The number of ether oxygens (including phenoxy) is 1. The van der Waals surface area contributed by atoms with Crippen molar-refractivity contribution in [2.24, 2.45) is 5.92 Å². The van der Waals surface area contributed by atoms with E-state index in [0.29, 0.717) is 5.56 Å². The van der Waals surface area contributed by atoms with Gasteiger partial charge in [0.05, 0.1) is 17.6 Å². The van der Waals surface area contributed by atoms with Gasteiger partial charge in [-0.15, -0.1) is 12.4 Å². The molecule has 2 N–H and O–H groups in total. The van der Waals surface area contributed by atoms with Gasteiger partial charge < -0.3 is 10.1 Å². The summed E-state index contributed by atoms with van der Waals surface area (Å²) < 4.78 is 32.7. The molecule has 0 saturated carbocycles. The first-order chi connectivity index (χ1) is 10.4. The lowest BCUT2D eigenvalue weighted by atomic mass is 9.97. The number of esters is 1. The molecule has 2 atom stereocenters. The van der Waals surface area contributed by atoms with E-state index in [1.807, 2.05) is 6.92 Å². The van der Waals surface area contributed by atoms with Crippen molar-refractivity contribution in [2.75, 3.05) is 20.2 Å². The Balaban J connectivity index is 0.00000264. The van der Waals surface area contributed by atoms with Gasteiger partial charge in [0.25, 0.3) is 0 Å². The maximum absolute atomic E-state index is 12.6. The molecule has 1 aliphatic rings. The Morgan fingerprint density at radius 2 is 2.09 bits per heavy atom. The number of hydrogen-bond donors (Lipinski definition) is 2. The summed E-state index contributed by atoms with van der Waals surface area (Å²) in [5.41, 5.74) is 0.673. The first-order valence-corrected chi connectivity index (χ1v) is 8.76. The summed E-state index contributed by atoms with van der Waals surface area (Å²) in [7, 11) is -2.40. The Bertz CT molecular complexity index is 663. The van der Waals surface area contributed by atoms with Crippen molar-refractivity contribution >= 4 is 28.4 Å². The topological polar surface area (TPSA) is 84.5 Å². The fraction of sp³-hybridized carbons (Fsp3) is 0.533. The van der Waals surface area contributed by atoms with E-state index in [1.165, 1.54) is 13.2 Å². The molecule has 8 heteroatoms. The van der Waals surface area contributed by atoms with Crippen LogP contribution in [0.25, 0.3) is 0 Å². The molecule has 0 aliphatic carbocycles. The lowest BCUT2D eigenvalue weighted by molar-refractivity contribution is 0.0599. The van der Waals surface area contributed by atoms with Gasteiger partial charge in [0.2, 0.25) is 10.0 Å². The first kappa shape index (κ1) is 19.9. The molecule has 1 saturated heterocycles. The Hall–Kier alpha value is -1.15. The lowest BCUT2D eigenvalue weighted by Gasteiger charge is -2.30. The summed E-state index contributed by atoms with van der Waals surface area (Å²) in [6.07, 6.45) is 0.746. The average molecular weight is 363 g/mol. The maximum atomic E-state index is 12.6. The Labute approximate surface area is 143 Å². The van der Waals surface area contributed by atoms with Crippen LogP contribution in [0.15, 0.2) is 23.1 Å². The first-order valence-electron chi connectivity index (χ1n) is 7.28. The number of nitrogens with one attached hydrogen (secondary N) is 2. The van der Waals surface area contributed by atoms with Crippen LogP contribution in [0, 0.1) is 12.8 Å². The molecule has 1 aromatic rings. The number of carbonyl (C=O) groups excluding carboxylic acids is 1. The highest BCUT2D eigenvalue weighted by Crippen LogP contribution is 2.21.